The van der Waals surface area contributed by atoms with E-state index in [2.05, 4.69) is 21.0 Å². The molecule has 136 valence electrons. The van der Waals surface area contributed by atoms with E-state index in [9.17, 15) is 0 Å². The number of fused-ring (bicyclic) bond motifs is 2. The van der Waals surface area contributed by atoms with Crippen molar-refractivity contribution < 1.29 is 4.74 Å². The van der Waals surface area contributed by atoms with Crippen LogP contribution in [-0.2, 0) is 6.54 Å². The number of hydrogen-bond acceptors (Lipinski definition) is 5. The molecule has 0 aliphatic carbocycles. The number of rotatable bonds is 4. The molecule has 0 amide bonds. The minimum atomic E-state index is 0.635. The molecule has 2 aromatic carbocycles. The minimum absolute atomic E-state index is 0.635. The van der Waals surface area contributed by atoms with Crippen molar-refractivity contribution in [3.63, 3.8) is 0 Å². The van der Waals surface area contributed by atoms with E-state index >= 15 is 0 Å². The fraction of sp³-hybridized carbons (Fsp3) is 0.0909. The predicted octanol–water partition coefficient (Wildman–Crippen LogP) is 4.10. The van der Waals surface area contributed by atoms with Crippen molar-refractivity contribution in [3.8, 4) is 17.0 Å². The van der Waals surface area contributed by atoms with Crippen LogP contribution in [0.4, 0.5) is 0 Å². The number of imidazole rings is 1. The average Bonchev–Trinajstić information content (AvgIpc) is 3.16. The summed E-state index contributed by atoms with van der Waals surface area (Å²) >= 11 is 0. The summed E-state index contributed by atoms with van der Waals surface area (Å²) < 4.78 is 7.24. The normalized spacial score (nSPS) is 11.2. The molecule has 0 N–H and O–H groups in total. The van der Waals surface area contributed by atoms with Crippen molar-refractivity contribution in [1.82, 2.24) is 24.5 Å². The Kier molecular flexibility index (Phi) is 3.94. The largest absolute Gasteiger partial charge is 0.497 e. The Morgan fingerprint density at radius 1 is 0.929 bits per heavy atom. The minimum Gasteiger partial charge on any atom is -0.497 e. The lowest BCUT2D eigenvalue weighted by Gasteiger charge is -2.08. The Hall–Kier alpha value is -3.80. The van der Waals surface area contributed by atoms with E-state index in [-0.39, 0.29) is 0 Å². The van der Waals surface area contributed by atoms with Crippen LogP contribution in [0.2, 0.25) is 0 Å². The first kappa shape index (κ1) is 16.4. The van der Waals surface area contributed by atoms with E-state index in [4.69, 9.17) is 9.72 Å². The number of benzene rings is 2. The van der Waals surface area contributed by atoms with E-state index in [1.807, 2.05) is 53.1 Å². The van der Waals surface area contributed by atoms with Gasteiger partial charge < -0.3 is 9.30 Å². The third-order valence-electron chi connectivity index (χ3n) is 4.76. The van der Waals surface area contributed by atoms with E-state index in [0.717, 1.165) is 39.1 Å². The summed E-state index contributed by atoms with van der Waals surface area (Å²) in [5, 5.41) is 1.06. The summed E-state index contributed by atoms with van der Waals surface area (Å²) in [6.07, 6.45) is 5.35. The Morgan fingerprint density at radius 3 is 2.68 bits per heavy atom. The molecule has 28 heavy (non-hydrogen) atoms. The molecule has 3 heterocycles. The lowest BCUT2D eigenvalue weighted by molar-refractivity contribution is 0.414. The van der Waals surface area contributed by atoms with Gasteiger partial charge in [0.15, 0.2) is 11.3 Å². The highest BCUT2D eigenvalue weighted by Crippen LogP contribution is 2.26. The Balaban J connectivity index is 1.58. The Morgan fingerprint density at radius 2 is 1.82 bits per heavy atom. The quantitative estimate of drug-likeness (QED) is 0.478. The smallest absolute Gasteiger partial charge is 0.197 e. The van der Waals surface area contributed by atoms with Crippen molar-refractivity contribution in [2.75, 3.05) is 7.11 Å². The van der Waals surface area contributed by atoms with Crippen molar-refractivity contribution in [1.29, 1.82) is 0 Å². The lowest BCUT2D eigenvalue weighted by Crippen LogP contribution is -2.00. The molecule has 0 bridgehead atoms. The van der Waals surface area contributed by atoms with Crippen LogP contribution in [0.5, 0.6) is 5.75 Å². The van der Waals surface area contributed by atoms with Gasteiger partial charge in [-0.2, -0.15) is 0 Å². The lowest BCUT2D eigenvalue weighted by atomic mass is 10.1. The summed E-state index contributed by atoms with van der Waals surface area (Å²) in [7, 11) is 1.66. The van der Waals surface area contributed by atoms with Gasteiger partial charge >= 0.3 is 0 Å². The molecule has 0 atom stereocenters. The summed E-state index contributed by atoms with van der Waals surface area (Å²) in [5.41, 5.74) is 5.29. The molecule has 0 aliphatic rings. The van der Waals surface area contributed by atoms with Crippen molar-refractivity contribution >= 4 is 22.2 Å². The van der Waals surface area contributed by atoms with E-state index in [1.54, 1.807) is 25.8 Å². The zero-order chi connectivity index (χ0) is 18.9. The van der Waals surface area contributed by atoms with E-state index < -0.39 is 0 Å². The van der Waals surface area contributed by atoms with Crippen LogP contribution in [0.25, 0.3) is 33.5 Å². The van der Waals surface area contributed by atoms with Crippen LogP contribution in [-0.4, -0.2) is 31.6 Å². The molecular formula is C22H17N5O. The maximum Gasteiger partial charge on any atom is 0.197 e. The third kappa shape index (κ3) is 2.85. The van der Waals surface area contributed by atoms with Crippen molar-refractivity contribution in [2.24, 2.45) is 0 Å². The van der Waals surface area contributed by atoms with E-state index in [0.29, 0.717) is 12.2 Å². The molecule has 0 unspecified atom stereocenters. The first-order valence-corrected chi connectivity index (χ1v) is 8.97. The molecule has 0 saturated carbocycles. The molecule has 5 rings (SSSR count). The zero-order valence-electron chi connectivity index (χ0n) is 15.3. The number of pyridine rings is 1. The van der Waals surface area contributed by atoms with Crippen molar-refractivity contribution in [2.45, 2.75) is 6.54 Å². The second-order valence-corrected chi connectivity index (χ2v) is 6.50. The van der Waals surface area contributed by atoms with Crippen molar-refractivity contribution in [3.05, 3.63) is 78.9 Å². The number of ether oxygens (including phenoxy) is 1. The number of nitrogens with zero attached hydrogens (tertiary/aromatic N) is 5. The number of aromatic nitrogens is 5. The third-order valence-corrected chi connectivity index (χ3v) is 4.76. The molecular weight excluding hydrogens is 350 g/mol. The van der Waals surface area contributed by atoms with Gasteiger partial charge in [0.1, 0.15) is 5.75 Å². The molecule has 0 saturated heterocycles. The zero-order valence-corrected chi connectivity index (χ0v) is 15.3. The van der Waals surface area contributed by atoms with Gasteiger partial charge in [0.05, 0.1) is 37.4 Å². The molecule has 5 aromatic rings. The maximum atomic E-state index is 5.23. The highest BCUT2D eigenvalue weighted by Gasteiger charge is 2.11. The first-order chi connectivity index (χ1) is 13.8. The van der Waals surface area contributed by atoms with Gasteiger partial charge in [-0.3, -0.25) is 4.98 Å². The fourth-order valence-electron chi connectivity index (χ4n) is 3.34. The molecule has 3 aromatic heterocycles. The van der Waals surface area contributed by atoms with Gasteiger partial charge in [-0.15, -0.1) is 0 Å². The molecule has 6 heteroatoms. The molecule has 0 fully saturated rings. The van der Waals surface area contributed by atoms with Gasteiger partial charge in [-0.05, 0) is 29.8 Å². The standard InChI is InChI=1S/C22H17N5O/c1-28-16-9-7-15(8-10-16)13-27-14-25-21-22(27)26-20(12-24-21)18-4-2-6-19-17(18)5-3-11-23-19/h2-12,14H,13H2,1H3. The number of methoxy groups -OCH3 is 1. The summed E-state index contributed by atoms with van der Waals surface area (Å²) in [6.45, 7) is 0.662. The second-order valence-electron chi connectivity index (χ2n) is 6.50. The van der Waals surface area contributed by atoms with Gasteiger partial charge in [-0.1, -0.05) is 30.3 Å². The van der Waals surface area contributed by atoms with Crippen LogP contribution in [0.15, 0.2) is 73.3 Å². The topological polar surface area (TPSA) is 65.7 Å². The summed E-state index contributed by atoms with van der Waals surface area (Å²) in [4.78, 5) is 18.2. The van der Waals surface area contributed by atoms with E-state index in [1.165, 1.54) is 0 Å². The summed E-state index contributed by atoms with van der Waals surface area (Å²) in [6, 6.07) is 18.0. The second kappa shape index (κ2) is 6.74. The van der Waals surface area contributed by atoms with Gasteiger partial charge in [-0.25, -0.2) is 15.0 Å². The Labute approximate surface area is 161 Å². The number of hydrogen-bond donors (Lipinski definition) is 0. The van der Waals surface area contributed by atoms with Gasteiger partial charge in [0, 0.05) is 17.1 Å². The molecule has 0 aliphatic heterocycles. The summed E-state index contributed by atoms with van der Waals surface area (Å²) in [5.74, 6) is 0.839. The van der Waals surface area contributed by atoms with Gasteiger partial charge in [0.2, 0.25) is 0 Å². The van der Waals surface area contributed by atoms with Crippen LogP contribution in [0.1, 0.15) is 5.56 Å². The van der Waals surface area contributed by atoms with Crippen LogP contribution < -0.4 is 4.74 Å². The molecule has 0 radical (unpaired) electrons. The first-order valence-electron chi connectivity index (χ1n) is 8.97. The maximum absolute atomic E-state index is 5.23. The monoisotopic (exact) mass is 367 g/mol. The predicted molar refractivity (Wildman–Crippen MR) is 108 cm³/mol. The Bertz CT molecular complexity index is 1270. The van der Waals surface area contributed by atoms with Crippen LogP contribution in [0, 0.1) is 0 Å². The SMILES string of the molecule is COc1ccc(Cn2cnc3ncc(-c4cccc5ncccc45)nc32)cc1. The van der Waals surface area contributed by atoms with Crippen LogP contribution >= 0.6 is 0 Å². The highest BCUT2D eigenvalue weighted by atomic mass is 16.5. The molecule has 6 nitrogen and oxygen atoms in total. The average molecular weight is 367 g/mol. The molecule has 0 spiro atoms. The van der Waals surface area contributed by atoms with Gasteiger partial charge in [0.25, 0.3) is 0 Å². The highest BCUT2D eigenvalue weighted by molar-refractivity contribution is 5.93. The van der Waals surface area contributed by atoms with Crippen LogP contribution in [0.3, 0.4) is 0 Å². The fourth-order valence-corrected chi connectivity index (χ4v) is 3.34.